The van der Waals surface area contributed by atoms with Gasteiger partial charge in [-0.05, 0) is 78.8 Å². The quantitative estimate of drug-likeness (QED) is 0.372. The highest BCUT2D eigenvalue weighted by atomic mass is 15.1. The SMILES string of the molecule is C(=C\c1ccc(CN2CCC(C[C@@H]3C[C@H]3c3ccccc3)CC2)cc1)/c1ccccc1. The normalized spacial score (nSPS) is 22.1. The third-order valence-corrected chi connectivity index (χ3v) is 7.15. The molecule has 158 valence electrons. The van der Waals surface area contributed by atoms with Gasteiger partial charge in [-0.2, -0.15) is 0 Å². The fourth-order valence-corrected chi connectivity index (χ4v) is 5.17. The van der Waals surface area contributed by atoms with Gasteiger partial charge in [0.1, 0.15) is 0 Å². The second-order valence-corrected chi connectivity index (χ2v) is 9.45. The summed E-state index contributed by atoms with van der Waals surface area (Å²) in [6, 6.07) is 30.7. The number of benzene rings is 3. The maximum atomic E-state index is 2.65. The molecular formula is C30H33N. The first kappa shape index (κ1) is 20.3. The Kier molecular flexibility index (Phi) is 6.32. The standard InChI is InChI=1S/C30H33N/c1-3-7-24(8-4-1)11-12-25-13-15-27(16-14-25)23-31-19-17-26(18-20-31)21-29-22-30(29)28-9-5-2-6-10-28/h1-16,26,29-30H,17-23H2/b12-11+/t29-,30+/m1/s1. The molecule has 0 unspecified atom stereocenters. The first-order valence-corrected chi connectivity index (χ1v) is 11.9. The summed E-state index contributed by atoms with van der Waals surface area (Å²) in [5.74, 6) is 2.71. The Hall–Kier alpha value is -2.64. The van der Waals surface area contributed by atoms with Gasteiger partial charge >= 0.3 is 0 Å². The predicted octanol–water partition coefficient (Wildman–Crippen LogP) is 7.26. The van der Waals surface area contributed by atoms with Gasteiger partial charge < -0.3 is 0 Å². The minimum Gasteiger partial charge on any atom is -0.299 e. The molecule has 0 aromatic heterocycles. The molecule has 1 saturated carbocycles. The Morgan fingerprint density at radius 2 is 1.32 bits per heavy atom. The van der Waals surface area contributed by atoms with Crippen molar-refractivity contribution in [2.75, 3.05) is 13.1 Å². The fourth-order valence-electron chi connectivity index (χ4n) is 5.17. The van der Waals surface area contributed by atoms with Gasteiger partial charge in [-0.1, -0.05) is 97.1 Å². The summed E-state index contributed by atoms with van der Waals surface area (Å²) < 4.78 is 0. The molecule has 0 N–H and O–H groups in total. The van der Waals surface area contributed by atoms with Crippen molar-refractivity contribution in [2.24, 2.45) is 11.8 Å². The van der Waals surface area contributed by atoms with Crippen molar-refractivity contribution in [1.82, 2.24) is 4.90 Å². The van der Waals surface area contributed by atoms with E-state index in [2.05, 4.69) is 102 Å². The molecule has 1 saturated heterocycles. The van der Waals surface area contributed by atoms with Gasteiger partial charge in [-0.15, -0.1) is 0 Å². The van der Waals surface area contributed by atoms with E-state index >= 15 is 0 Å². The number of hydrogen-bond acceptors (Lipinski definition) is 1. The fraction of sp³-hybridized carbons (Fsp3) is 0.333. The molecule has 2 fully saturated rings. The van der Waals surface area contributed by atoms with Crippen molar-refractivity contribution < 1.29 is 0 Å². The lowest BCUT2D eigenvalue weighted by Crippen LogP contribution is -2.33. The first-order valence-electron chi connectivity index (χ1n) is 11.9. The van der Waals surface area contributed by atoms with E-state index < -0.39 is 0 Å². The van der Waals surface area contributed by atoms with Crippen molar-refractivity contribution in [1.29, 1.82) is 0 Å². The molecular weight excluding hydrogens is 374 g/mol. The maximum absolute atomic E-state index is 2.65. The van der Waals surface area contributed by atoms with E-state index in [1.54, 1.807) is 5.56 Å². The van der Waals surface area contributed by atoms with Gasteiger partial charge in [-0.25, -0.2) is 0 Å². The van der Waals surface area contributed by atoms with Crippen LogP contribution in [0, 0.1) is 11.8 Å². The van der Waals surface area contributed by atoms with Crippen LogP contribution < -0.4 is 0 Å². The van der Waals surface area contributed by atoms with Crippen LogP contribution in [-0.4, -0.2) is 18.0 Å². The summed E-state index contributed by atoms with van der Waals surface area (Å²) >= 11 is 0. The molecule has 3 aromatic rings. The molecule has 3 aromatic carbocycles. The Morgan fingerprint density at radius 3 is 2.00 bits per heavy atom. The van der Waals surface area contributed by atoms with E-state index in [0.717, 1.165) is 24.3 Å². The van der Waals surface area contributed by atoms with Crippen LogP contribution in [-0.2, 0) is 6.54 Å². The summed E-state index contributed by atoms with van der Waals surface area (Å²) in [4.78, 5) is 2.65. The lowest BCUT2D eigenvalue weighted by molar-refractivity contribution is 0.168. The minimum atomic E-state index is 0.841. The Labute approximate surface area is 187 Å². The van der Waals surface area contributed by atoms with Crippen molar-refractivity contribution in [3.63, 3.8) is 0 Å². The van der Waals surface area contributed by atoms with Crippen LogP contribution in [0.5, 0.6) is 0 Å². The van der Waals surface area contributed by atoms with E-state index in [1.165, 1.54) is 55.5 Å². The van der Waals surface area contributed by atoms with E-state index in [0.29, 0.717) is 0 Å². The largest absolute Gasteiger partial charge is 0.299 e. The molecule has 2 atom stereocenters. The first-order chi connectivity index (χ1) is 15.3. The van der Waals surface area contributed by atoms with Crippen LogP contribution in [0.15, 0.2) is 84.9 Å². The average Bonchev–Trinajstić information content (AvgIpc) is 3.60. The zero-order valence-corrected chi connectivity index (χ0v) is 18.4. The van der Waals surface area contributed by atoms with Gasteiger partial charge in [0.2, 0.25) is 0 Å². The van der Waals surface area contributed by atoms with Crippen LogP contribution in [0.25, 0.3) is 12.2 Å². The Balaban J connectivity index is 1.06. The minimum absolute atomic E-state index is 0.841. The molecule has 0 bridgehead atoms. The smallest absolute Gasteiger partial charge is 0.0233 e. The third-order valence-electron chi connectivity index (χ3n) is 7.15. The van der Waals surface area contributed by atoms with Crippen LogP contribution in [0.1, 0.15) is 53.9 Å². The second kappa shape index (κ2) is 9.66. The maximum Gasteiger partial charge on any atom is 0.0233 e. The summed E-state index contributed by atoms with van der Waals surface area (Å²) in [5, 5.41) is 0. The molecule has 1 nitrogen and oxygen atoms in total. The van der Waals surface area contributed by atoms with Crippen LogP contribution >= 0.6 is 0 Å². The molecule has 5 rings (SSSR count). The molecule has 0 spiro atoms. The van der Waals surface area contributed by atoms with Crippen molar-refractivity contribution in [3.05, 3.63) is 107 Å². The Bertz CT molecular complexity index is 966. The van der Waals surface area contributed by atoms with Gasteiger partial charge in [0.15, 0.2) is 0 Å². The van der Waals surface area contributed by atoms with Gasteiger partial charge in [0.05, 0.1) is 0 Å². The summed E-state index contributed by atoms with van der Waals surface area (Å²) in [6.07, 6.45) is 9.98. The number of hydrogen-bond donors (Lipinski definition) is 0. The highest BCUT2D eigenvalue weighted by Gasteiger charge is 2.39. The van der Waals surface area contributed by atoms with Gasteiger partial charge in [-0.3, -0.25) is 4.90 Å². The Morgan fingerprint density at radius 1 is 0.710 bits per heavy atom. The monoisotopic (exact) mass is 407 g/mol. The predicted molar refractivity (Wildman–Crippen MR) is 132 cm³/mol. The van der Waals surface area contributed by atoms with Crippen molar-refractivity contribution >= 4 is 12.2 Å². The van der Waals surface area contributed by atoms with Gasteiger partial charge in [0, 0.05) is 6.54 Å². The van der Waals surface area contributed by atoms with E-state index in [4.69, 9.17) is 0 Å². The van der Waals surface area contributed by atoms with Crippen molar-refractivity contribution in [3.8, 4) is 0 Å². The molecule has 31 heavy (non-hydrogen) atoms. The zero-order valence-electron chi connectivity index (χ0n) is 18.4. The van der Waals surface area contributed by atoms with Gasteiger partial charge in [0.25, 0.3) is 0 Å². The third kappa shape index (κ3) is 5.54. The number of rotatable bonds is 7. The summed E-state index contributed by atoms with van der Waals surface area (Å²) in [7, 11) is 0. The average molecular weight is 408 g/mol. The molecule has 1 aliphatic carbocycles. The van der Waals surface area contributed by atoms with E-state index in [1.807, 2.05) is 0 Å². The lowest BCUT2D eigenvalue weighted by atomic mass is 9.90. The molecule has 1 heterocycles. The number of piperidine rings is 1. The highest BCUT2D eigenvalue weighted by molar-refractivity contribution is 5.69. The zero-order chi connectivity index (χ0) is 20.9. The highest BCUT2D eigenvalue weighted by Crippen LogP contribution is 2.51. The molecule has 1 aliphatic heterocycles. The lowest BCUT2D eigenvalue weighted by Gasteiger charge is -2.32. The van der Waals surface area contributed by atoms with Crippen LogP contribution in [0.4, 0.5) is 0 Å². The number of nitrogens with zero attached hydrogens (tertiary/aromatic N) is 1. The number of likely N-dealkylation sites (tertiary alicyclic amines) is 1. The van der Waals surface area contributed by atoms with E-state index in [-0.39, 0.29) is 0 Å². The van der Waals surface area contributed by atoms with Crippen LogP contribution in [0.2, 0.25) is 0 Å². The van der Waals surface area contributed by atoms with Crippen molar-refractivity contribution in [2.45, 2.75) is 38.1 Å². The molecule has 2 aliphatic rings. The van der Waals surface area contributed by atoms with E-state index in [9.17, 15) is 0 Å². The molecule has 0 radical (unpaired) electrons. The molecule has 0 amide bonds. The summed E-state index contributed by atoms with van der Waals surface area (Å²) in [6.45, 7) is 3.59. The molecule has 1 heteroatoms. The summed E-state index contributed by atoms with van der Waals surface area (Å²) in [5.41, 5.74) is 5.51. The van der Waals surface area contributed by atoms with Crippen LogP contribution in [0.3, 0.4) is 0 Å². The topological polar surface area (TPSA) is 3.24 Å². The second-order valence-electron chi connectivity index (χ2n) is 9.45.